The summed E-state index contributed by atoms with van der Waals surface area (Å²) in [7, 11) is 0. The van der Waals surface area contributed by atoms with Crippen LogP contribution >= 0.6 is 0 Å². The van der Waals surface area contributed by atoms with Crippen LogP contribution in [0.15, 0.2) is 18.3 Å². The van der Waals surface area contributed by atoms with Gasteiger partial charge in [0.1, 0.15) is 11.8 Å². The van der Waals surface area contributed by atoms with Crippen molar-refractivity contribution < 1.29 is 4.74 Å². The Morgan fingerprint density at radius 3 is 2.71 bits per heavy atom. The van der Waals surface area contributed by atoms with Crippen molar-refractivity contribution in [2.45, 2.75) is 26.3 Å². The van der Waals surface area contributed by atoms with Gasteiger partial charge < -0.3 is 10.1 Å². The maximum atomic E-state index is 8.76. The summed E-state index contributed by atoms with van der Waals surface area (Å²) in [6.07, 6.45) is 2.89. The highest BCUT2D eigenvalue weighted by Gasteiger charge is 2.21. The third-order valence-electron chi connectivity index (χ3n) is 3.73. The van der Waals surface area contributed by atoms with Crippen molar-refractivity contribution in [3.05, 3.63) is 24.0 Å². The fraction of sp³-hybridized carbons (Fsp3) is 0.625. The van der Waals surface area contributed by atoms with E-state index in [0.29, 0.717) is 17.7 Å². The molecular formula is C16H24N4O. The molecule has 114 valence electrons. The minimum absolute atomic E-state index is 0.451. The van der Waals surface area contributed by atoms with Crippen LogP contribution in [0.3, 0.4) is 0 Å². The summed E-state index contributed by atoms with van der Waals surface area (Å²) >= 11 is 0. The highest BCUT2D eigenvalue weighted by molar-refractivity contribution is 5.42. The first-order valence-corrected chi connectivity index (χ1v) is 7.61. The average Bonchev–Trinajstić information content (AvgIpc) is 2.52. The smallest absolute Gasteiger partial charge is 0.140 e. The minimum atomic E-state index is 0.451. The van der Waals surface area contributed by atoms with Crippen LogP contribution in [-0.2, 0) is 4.74 Å². The molecule has 1 aliphatic heterocycles. The number of pyridine rings is 1. The molecule has 2 rings (SSSR count). The van der Waals surface area contributed by atoms with Crippen molar-refractivity contribution in [2.24, 2.45) is 5.92 Å². The van der Waals surface area contributed by atoms with Gasteiger partial charge in [0.2, 0.25) is 0 Å². The molecule has 1 N–H and O–H groups in total. The molecule has 5 heteroatoms. The van der Waals surface area contributed by atoms with Gasteiger partial charge >= 0.3 is 0 Å². The number of rotatable bonds is 6. The first kappa shape index (κ1) is 15.7. The fourth-order valence-electron chi connectivity index (χ4n) is 2.65. The van der Waals surface area contributed by atoms with E-state index in [2.05, 4.69) is 29.0 Å². The van der Waals surface area contributed by atoms with E-state index in [9.17, 15) is 0 Å². The molecule has 0 aromatic carbocycles. The maximum Gasteiger partial charge on any atom is 0.140 e. The maximum absolute atomic E-state index is 8.76. The van der Waals surface area contributed by atoms with Gasteiger partial charge in [0, 0.05) is 25.7 Å². The summed E-state index contributed by atoms with van der Waals surface area (Å²) in [5.41, 5.74) is 1.42. The van der Waals surface area contributed by atoms with Crippen LogP contribution in [0.4, 0.5) is 5.69 Å². The zero-order chi connectivity index (χ0) is 15.1. The molecule has 0 amide bonds. The fourth-order valence-corrected chi connectivity index (χ4v) is 2.65. The Bertz CT molecular complexity index is 460. The first-order valence-electron chi connectivity index (χ1n) is 7.61. The predicted octanol–water partition coefficient (Wildman–Crippen LogP) is 2.11. The topological polar surface area (TPSA) is 61.2 Å². The Balaban J connectivity index is 1.92. The summed E-state index contributed by atoms with van der Waals surface area (Å²) in [6, 6.07) is 6.20. The minimum Gasteiger partial charge on any atom is -0.382 e. The van der Waals surface area contributed by atoms with Gasteiger partial charge in [-0.15, -0.1) is 0 Å². The SMILES string of the molecule is CC(C)CC(CNc1ccc(C#N)nc1)N1CCOCC1. The number of nitrogens with zero attached hydrogens (tertiary/aromatic N) is 3. The highest BCUT2D eigenvalue weighted by Crippen LogP contribution is 2.15. The van der Waals surface area contributed by atoms with Crippen molar-refractivity contribution >= 4 is 5.69 Å². The molecule has 21 heavy (non-hydrogen) atoms. The lowest BCUT2D eigenvalue weighted by Gasteiger charge is -2.35. The van der Waals surface area contributed by atoms with E-state index in [-0.39, 0.29) is 0 Å². The third kappa shape index (κ3) is 5.00. The molecule has 1 saturated heterocycles. The van der Waals surface area contributed by atoms with Crippen LogP contribution in [-0.4, -0.2) is 48.8 Å². The lowest BCUT2D eigenvalue weighted by Crippen LogP contribution is -2.47. The van der Waals surface area contributed by atoms with E-state index >= 15 is 0 Å². The number of nitriles is 1. The normalized spacial score (nSPS) is 17.4. The number of hydrogen-bond donors (Lipinski definition) is 1. The second-order valence-corrected chi connectivity index (χ2v) is 5.86. The van der Waals surface area contributed by atoms with Crippen LogP contribution in [0.2, 0.25) is 0 Å². The molecule has 2 heterocycles. The molecule has 5 nitrogen and oxygen atoms in total. The number of anilines is 1. The van der Waals surface area contributed by atoms with Gasteiger partial charge in [-0.05, 0) is 24.5 Å². The molecule has 1 aromatic heterocycles. The van der Waals surface area contributed by atoms with Gasteiger partial charge in [0.25, 0.3) is 0 Å². The summed E-state index contributed by atoms with van der Waals surface area (Å²) < 4.78 is 5.44. The highest BCUT2D eigenvalue weighted by atomic mass is 16.5. The van der Waals surface area contributed by atoms with E-state index in [1.54, 1.807) is 12.3 Å². The molecule has 0 aliphatic carbocycles. The van der Waals surface area contributed by atoms with Crippen LogP contribution in [0, 0.1) is 17.2 Å². The van der Waals surface area contributed by atoms with Crippen molar-refractivity contribution in [3.8, 4) is 6.07 Å². The van der Waals surface area contributed by atoms with Gasteiger partial charge in [0.15, 0.2) is 0 Å². The van der Waals surface area contributed by atoms with Crippen molar-refractivity contribution in [1.82, 2.24) is 9.88 Å². The lowest BCUT2D eigenvalue weighted by atomic mass is 10.0. The van der Waals surface area contributed by atoms with Crippen LogP contribution in [0.5, 0.6) is 0 Å². The van der Waals surface area contributed by atoms with E-state index in [1.165, 1.54) is 0 Å². The summed E-state index contributed by atoms with van der Waals surface area (Å²) in [6.45, 7) is 9.08. The molecule has 0 bridgehead atoms. The molecule has 1 atom stereocenters. The second-order valence-electron chi connectivity index (χ2n) is 5.86. The molecule has 0 saturated carbocycles. The predicted molar refractivity (Wildman–Crippen MR) is 83.1 cm³/mol. The number of ether oxygens (including phenoxy) is 1. The van der Waals surface area contributed by atoms with Gasteiger partial charge in [-0.25, -0.2) is 4.98 Å². The van der Waals surface area contributed by atoms with Crippen molar-refractivity contribution in [2.75, 3.05) is 38.2 Å². The lowest BCUT2D eigenvalue weighted by molar-refractivity contribution is 0.0151. The number of nitrogens with one attached hydrogen (secondary N) is 1. The molecule has 1 fully saturated rings. The molecule has 0 spiro atoms. The van der Waals surface area contributed by atoms with Crippen LogP contribution in [0.1, 0.15) is 26.0 Å². The van der Waals surface area contributed by atoms with Crippen molar-refractivity contribution in [3.63, 3.8) is 0 Å². The summed E-state index contributed by atoms with van der Waals surface area (Å²) in [4.78, 5) is 6.60. The Morgan fingerprint density at radius 2 is 2.14 bits per heavy atom. The molecular weight excluding hydrogens is 264 g/mol. The first-order chi connectivity index (χ1) is 10.2. The number of hydrogen-bond acceptors (Lipinski definition) is 5. The Hall–Kier alpha value is -1.64. The number of morpholine rings is 1. The average molecular weight is 288 g/mol. The van der Waals surface area contributed by atoms with Crippen LogP contribution in [0.25, 0.3) is 0 Å². The van der Waals surface area contributed by atoms with Crippen molar-refractivity contribution in [1.29, 1.82) is 5.26 Å². The van der Waals surface area contributed by atoms with Crippen LogP contribution < -0.4 is 5.32 Å². The Morgan fingerprint density at radius 1 is 1.38 bits per heavy atom. The second kappa shape index (κ2) is 7.96. The summed E-state index contributed by atoms with van der Waals surface area (Å²) in [5, 5.41) is 12.2. The standard InChI is InChI=1S/C16H24N4O/c1-13(2)9-16(20-5-7-21-8-6-20)12-19-15-4-3-14(10-17)18-11-15/h3-4,11,13,16,19H,5-9,12H2,1-2H3. The Labute approximate surface area is 126 Å². The van der Waals surface area contributed by atoms with E-state index in [0.717, 1.165) is 45.0 Å². The largest absolute Gasteiger partial charge is 0.382 e. The van der Waals surface area contributed by atoms with E-state index < -0.39 is 0 Å². The quantitative estimate of drug-likeness (QED) is 0.868. The van der Waals surface area contributed by atoms with E-state index in [4.69, 9.17) is 10.00 Å². The van der Waals surface area contributed by atoms with Gasteiger partial charge in [-0.1, -0.05) is 13.8 Å². The van der Waals surface area contributed by atoms with Gasteiger partial charge in [-0.3, -0.25) is 4.90 Å². The van der Waals surface area contributed by atoms with E-state index in [1.807, 2.05) is 12.1 Å². The molecule has 0 radical (unpaired) electrons. The molecule has 1 aromatic rings. The molecule has 1 aliphatic rings. The van der Waals surface area contributed by atoms with Gasteiger partial charge in [0.05, 0.1) is 25.1 Å². The zero-order valence-electron chi connectivity index (χ0n) is 12.9. The number of aromatic nitrogens is 1. The summed E-state index contributed by atoms with van der Waals surface area (Å²) in [5.74, 6) is 0.665. The third-order valence-corrected chi connectivity index (χ3v) is 3.73. The molecule has 1 unspecified atom stereocenters. The monoisotopic (exact) mass is 288 g/mol. The van der Waals surface area contributed by atoms with Gasteiger partial charge in [-0.2, -0.15) is 5.26 Å². The Kier molecular flexibility index (Phi) is 5.97. The zero-order valence-corrected chi connectivity index (χ0v) is 12.9.